The number of nitrogens with zero attached hydrogens (tertiary/aromatic N) is 2. The number of hydrogen-bond donors (Lipinski definition) is 2. The van der Waals surface area contributed by atoms with Crippen molar-refractivity contribution in [2.24, 2.45) is 0 Å². The molecule has 0 spiro atoms. The molecule has 2 heterocycles. The van der Waals surface area contributed by atoms with Gasteiger partial charge in [-0.25, -0.2) is 0 Å². The zero-order valence-electron chi connectivity index (χ0n) is 12.7. The minimum Gasteiger partial charge on any atom is -0.423 e. The molecule has 0 unspecified atom stereocenters. The molecule has 1 aromatic carbocycles. The molecule has 0 radical (unpaired) electrons. The van der Waals surface area contributed by atoms with E-state index in [0.29, 0.717) is 16.8 Å². The fourth-order valence-corrected chi connectivity index (χ4v) is 2.73. The Kier molecular flexibility index (Phi) is 3.54. The lowest BCUT2D eigenvalue weighted by Gasteiger charge is -2.33. The minimum absolute atomic E-state index is 0.243. The van der Waals surface area contributed by atoms with Crippen LogP contribution in [0.15, 0.2) is 42.6 Å². The zero-order chi connectivity index (χ0) is 16.8. The van der Waals surface area contributed by atoms with Gasteiger partial charge in [-0.2, -0.15) is 0 Å². The Hall–Kier alpha value is -2.51. The van der Waals surface area contributed by atoms with Crippen LogP contribution in [0.3, 0.4) is 0 Å². The zero-order valence-corrected chi connectivity index (χ0v) is 12.7. The molecule has 1 aromatic heterocycles. The van der Waals surface area contributed by atoms with Crippen molar-refractivity contribution in [3.05, 3.63) is 59.4 Å². The second kappa shape index (κ2) is 5.29. The van der Waals surface area contributed by atoms with Gasteiger partial charge >= 0.3 is 7.12 Å². The van der Waals surface area contributed by atoms with Gasteiger partial charge in [0.25, 0.3) is 11.8 Å². The molecule has 0 saturated heterocycles. The lowest BCUT2D eigenvalue weighted by molar-refractivity contribution is 0.0468. The Labute approximate surface area is 133 Å². The number of benzene rings is 1. The monoisotopic (exact) mass is 310 g/mol. The van der Waals surface area contributed by atoms with Crippen molar-refractivity contribution in [3.63, 3.8) is 0 Å². The lowest BCUT2D eigenvalue weighted by Crippen LogP contribution is -2.46. The molecule has 1 aliphatic rings. The van der Waals surface area contributed by atoms with Crippen LogP contribution in [0.1, 0.15) is 40.3 Å². The topological polar surface area (TPSA) is 90.7 Å². The van der Waals surface area contributed by atoms with Crippen molar-refractivity contribution in [1.82, 2.24) is 9.88 Å². The van der Waals surface area contributed by atoms with E-state index in [2.05, 4.69) is 4.98 Å². The van der Waals surface area contributed by atoms with E-state index < -0.39 is 12.7 Å². The summed E-state index contributed by atoms with van der Waals surface area (Å²) in [7, 11) is -1.61. The van der Waals surface area contributed by atoms with Gasteiger partial charge in [0, 0.05) is 11.7 Å². The van der Waals surface area contributed by atoms with Crippen molar-refractivity contribution in [2.75, 3.05) is 0 Å². The fourth-order valence-electron chi connectivity index (χ4n) is 2.73. The Morgan fingerprint density at radius 3 is 2.00 bits per heavy atom. The minimum atomic E-state index is -1.61. The second-order valence-electron chi connectivity index (χ2n) is 5.90. The van der Waals surface area contributed by atoms with Gasteiger partial charge in [0.1, 0.15) is 0 Å². The molecule has 0 bridgehead atoms. The van der Waals surface area contributed by atoms with Gasteiger partial charge in [-0.15, -0.1) is 0 Å². The summed E-state index contributed by atoms with van der Waals surface area (Å²) in [4.78, 5) is 30.6. The number of pyridine rings is 1. The molecule has 6 nitrogen and oxygen atoms in total. The number of rotatable bonds is 3. The maximum Gasteiger partial charge on any atom is 0.490 e. The summed E-state index contributed by atoms with van der Waals surface area (Å²) in [6.07, 6.45) is 1.32. The molecule has 0 fully saturated rings. The van der Waals surface area contributed by atoms with Crippen LogP contribution in [0.4, 0.5) is 0 Å². The van der Waals surface area contributed by atoms with Crippen molar-refractivity contribution >= 4 is 24.4 Å². The first-order valence-electron chi connectivity index (χ1n) is 7.14. The lowest BCUT2D eigenvalue weighted by atomic mass is 9.81. The molecule has 1 aliphatic heterocycles. The summed E-state index contributed by atoms with van der Waals surface area (Å²) in [6.45, 7) is 3.46. The average Bonchev–Trinajstić information content (AvgIpc) is 2.80. The first-order chi connectivity index (χ1) is 10.8. The standard InChI is InChI=1S/C16H15BN2O4/c1-16(2,13-8-7-10(9-18-13)17(22)23)19-14(20)11-5-3-4-6-12(11)15(19)21/h3-9,22-23H,1-2H3. The third kappa shape index (κ3) is 2.34. The maximum atomic E-state index is 12.6. The van der Waals surface area contributed by atoms with Gasteiger partial charge < -0.3 is 10.0 Å². The Balaban J connectivity index is 2.00. The van der Waals surface area contributed by atoms with E-state index in [1.807, 2.05) is 0 Å². The highest BCUT2D eigenvalue weighted by atomic mass is 16.4. The summed E-state index contributed by atoms with van der Waals surface area (Å²) in [6, 6.07) is 9.78. The highest BCUT2D eigenvalue weighted by Gasteiger charge is 2.45. The van der Waals surface area contributed by atoms with E-state index in [1.165, 1.54) is 17.2 Å². The summed E-state index contributed by atoms with van der Waals surface area (Å²) in [5, 5.41) is 18.3. The fraction of sp³-hybridized carbons (Fsp3) is 0.188. The summed E-state index contributed by atoms with van der Waals surface area (Å²) < 4.78 is 0. The van der Waals surface area contributed by atoms with Gasteiger partial charge in [-0.1, -0.05) is 18.2 Å². The molecular weight excluding hydrogens is 295 g/mol. The van der Waals surface area contributed by atoms with E-state index >= 15 is 0 Å². The van der Waals surface area contributed by atoms with Crippen LogP contribution in [0.25, 0.3) is 0 Å². The first-order valence-corrected chi connectivity index (χ1v) is 7.14. The van der Waals surface area contributed by atoms with Crippen LogP contribution in [0, 0.1) is 0 Å². The van der Waals surface area contributed by atoms with Crippen LogP contribution in [0.5, 0.6) is 0 Å². The molecule has 2 aromatic rings. The van der Waals surface area contributed by atoms with Gasteiger partial charge in [0.2, 0.25) is 0 Å². The SMILES string of the molecule is CC(C)(c1ccc(B(O)O)cn1)N1C(=O)c2ccccc2C1=O. The molecule has 116 valence electrons. The third-order valence-corrected chi connectivity index (χ3v) is 4.06. The van der Waals surface area contributed by atoms with Crippen LogP contribution in [0.2, 0.25) is 0 Å². The van der Waals surface area contributed by atoms with Crippen molar-refractivity contribution < 1.29 is 19.6 Å². The smallest absolute Gasteiger partial charge is 0.423 e. The van der Waals surface area contributed by atoms with Gasteiger partial charge in [-0.05, 0) is 32.0 Å². The molecular formula is C16H15BN2O4. The number of amides is 2. The Morgan fingerprint density at radius 1 is 1.00 bits per heavy atom. The average molecular weight is 310 g/mol. The number of hydrogen-bond acceptors (Lipinski definition) is 5. The predicted molar refractivity (Wildman–Crippen MR) is 84.0 cm³/mol. The van der Waals surface area contributed by atoms with E-state index in [9.17, 15) is 9.59 Å². The Bertz CT molecular complexity index is 752. The first kappa shape index (κ1) is 15.4. The molecule has 0 aliphatic carbocycles. The van der Waals surface area contributed by atoms with Crippen LogP contribution in [-0.2, 0) is 5.54 Å². The van der Waals surface area contributed by atoms with E-state index in [4.69, 9.17) is 10.0 Å². The van der Waals surface area contributed by atoms with Crippen LogP contribution in [-0.4, -0.2) is 38.9 Å². The van der Waals surface area contributed by atoms with Crippen LogP contribution >= 0.6 is 0 Å². The van der Waals surface area contributed by atoms with Crippen molar-refractivity contribution in [1.29, 1.82) is 0 Å². The van der Waals surface area contributed by atoms with Crippen molar-refractivity contribution in [2.45, 2.75) is 19.4 Å². The molecule has 0 saturated carbocycles. The highest BCUT2D eigenvalue weighted by molar-refractivity contribution is 6.58. The Morgan fingerprint density at radius 2 is 1.57 bits per heavy atom. The molecule has 2 N–H and O–H groups in total. The third-order valence-electron chi connectivity index (χ3n) is 4.06. The number of carbonyl (C=O) groups is 2. The van der Waals surface area contributed by atoms with E-state index in [1.54, 1.807) is 44.2 Å². The molecule has 0 atom stereocenters. The number of carbonyl (C=O) groups excluding carboxylic acids is 2. The van der Waals surface area contributed by atoms with Gasteiger partial charge in [0.05, 0.1) is 22.4 Å². The molecule has 7 heteroatoms. The van der Waals surface area contributed by atoms with Gasteiger partial charge in [-0.3, -0.25) is 19.5 Å². The van der Waals surface area contributed by atoms with Crippen molar-refractivity contribution in [3.8, 4) is 0 Å². The predicted octanol–water partition coefficient (Wildman–Crippen LogP) is 0.293. The van der Waals surface area contributed by atoms with E-state index in [0.717, 1.165) is 0 Å². The highest BCUT2D eigenvalue weighted by Crippen LogP contribution is 2.34. The normalized spacial score (nSPS) is 14.2. The summed E-state index contributed by atoms with van der Waals surface area (Å²) in [5.41, 5.74) is 0.524. The summed E-state index contributed by atoms with van der Waals surface area (Å²) in [5.74, 6) is -0.715. The number of aromatic nitrogens is 1. The second-order valence-corrected chi connectivity index (χ2v) is 5.90. The quantitative estimate of drug-likeness (QED) is 0.628. The number of fused-ring (bicyclic) bond motifs is 1. The number of imide groups is 1. The maximum absolute atomic E-state index is 12.6. The van der Waals surface area contributed by atoms with E-state index in [-0.39, 0.29) is 17.3 Å². The van der Waals surface area contributed by atoms with Crippen LogP contribution < -0.4 is 5.46 Å². The molecule has 2 amide bonds. The molecule has 3 rings (SSSR count). The summed E-state index contributed by atoms with van der Waals surface area (Å²) >= 11 is 0. The largest absolute Gasteiger partial charge is 0.490 e. The molecule has 23 heavy (non-hydrogen) atoms. The van der Waals surface area contributed by atoms with Gasteiger partial charge in [0.15, 0.2) is 0 Å².